The maximum absolute atomic E-state index is 14.7. The summed E-state index contributed by atoms with van der Waals surface area (Å²) in [7, 11) is 3.29. The quantitative estimate of drug-likeness (QED) is 0.214. The predicted molar refractivity (Wildman–Crippen MR) is 254 cm³/mol. The maximum Gasteiger partial charge on any atom is 0.324 e. The molecular weight excluding hydrogens is 875 g/mol. The van der Waals surface area contributed by atoms with Crippen molar-refractivity contribution in [3.8, 4) is 22.5 Å². The van der Waals surface area contributed by atoms with E-state index in [-0.39, 0.29) is 42.9 Å². The van der Waals surface area contributed by atoms with Crippen LogP contribution < -0.4 is 10.7 Å². The number of ether oxygens (including phenoxy) is 3. The van der Waals surface area contributed by atoms with Crippen LogP contribution in [0, 0.1) is 17.3 Å². The highest BCUT2D eigenvalue weighted by Crippen LogP contribution is 2.42. The van der Waals surface area contributed by atoms with E-state index >= 15 is 0 Å². The Kier molecular flexibility index (Phi) is 14.4. The van der Waals surface area contributed by atoms with Crippen LogP contribution >= 0.6 is 11.3 Å². The molecule has 0 aliphatic carbocycles. The van der Waals surface area contributed by atoms with E-state index in [9.17, 15) is 24.0 Å². The maximum atomic E-state index is 14.7. The molecule has 4 aliphatic heterocycles. The van der Waals surface area contributed by atoms with E-state index < -0.39 is 41.3 Å². The van der Waals surface area contributed by atoms with Gasteiger partial charge in [-0.25, -0.2) is 15.2 Å². The lowest BCUT2D eigenvalue weighted by atomic mass is 9.84. The fraction of sp³-hybridized carbons (Fsp3) is 0.571. The van der Waals surface area contributed by atoms with E-state index in [1.165, 1.54) is 21.2 Å². The number of fused-ring (bicyclic) bond motifs is 6. The zero-order valence-electron chi connectivity index (χ0n) is 40.0. The van der Waals surface area contributed by atoms with Gasteiger partial charge in [-0.15, -0.1) is 11.3 Å². The number of urea groups is 1. The number of rotatable bonds is 9. The van der Waals surface area contributed by atoms with Crippen molar-refractivity contribution in [1.29, 1.82) is 0 Å². The molecule has 7 heterocycles. The number of esters is 1. The summed E-state index contributed by atoms with van der Waals surface area (Å²) in [5.41, 5.74) is 9.27. The van der Waals surface area contributed by atoms with Crippen LogP contribution in [0.15, 0.2) is 41.9 Å². The third-order valence-electron chi connectivity index (χ3n) is 13.6. The minimum absolute atomic E-state index is 0.0442. The van der Waals surface area contributed by atoms with Crippen molar-refractivity contribution >= 4 is 52.0 Å². The first-order chi connectivity index (χ1) is 32.1. The Balaban J connectivity index is 1.12. The van der Waals surface area contributed by atoms with Crippen molar-refractivity contribution < 1.29 is 38.2 Å². The molecule has 1 aromatic carbocycles. The van der Waals surface area contributed by atoms with Crippen LogP contribution in [0.5, 0.6) is 0 Å². The zero-order valence-corrected chi connectivity index (χ0v) is 40.8. The van der Waals surface area contributed by atoms with Crippen molar-refractivity contribution in [1.82, 2.24) is 45.0 Å². The van der Waals surface area contributed by atoms with Gasteiger partial charge in [0.25, 0.3) is 5.91 Å². The lowest BCUT2D eigenvalue weighted by Crippen LogP contribution is -2.63. The van der Waals surface area contributed by atoms with Gasteiger partial charge >= 0.3 is 12.0 Å². The van der Waals surface area contributed by atoms with Crippen LogP contribution in [0.3, 0.4) is 0 Å². The van der Waals surface area contributed by atoms with Gasteiger partial charge in [-0.05, 0) is 68.9 Å². The van der Waals surface area contributed by atoms with Crippen LogP contribution in [-0.4, -0.2) is 149 Å². The number of hydrogen-bond donors (Lipinski definition) is 2. The third-order valence-corrected chi connectivity index (χ3v) is 14.5. The third kappa shape index (κ3) is 9.94. The number of pyridine rings is 1. The summed E-state index contributed by atoms with van der Waals surface area (Å²) in [6, 6.07) is 7.29. The number of nitrogens with zero attached hydrogens (tertiary/aromatic N) is 7. The molecule has 360 valence electrons. The Morgan fingerprint density at radius 2 is 1.81 bits per heavy atom. The molecule has 6 bridgehead atoms. The molecule has 4 aliphatic rings. The molecule has 3 saturated heterocycles. The van der Waals surface area contributed by atoms with Crippen LogP contribution in [0.2, 0.25) is 0 Å². The fourth-order valence-electron chi connectivity index (χ4n) is 9.84. The summed E-state index contributed by atoms with van der Waals surface area (Å²) in [5.74, 6) is -1.76. The lowest BCUT2D eigenvalue weighted by Gasteiger charge is -2.41. The van der Waals surface area contributed by atoms with Crippen molar-refractivity contribution in [2.75, 3.05) is 66.7 Å². The van der Waals surface area contributed by atoms with Crippen molar-refractivity contribution in [3.05, 3.63) is 58.2 Å². The summed E-state index contributed by atoms with van der Waals surface area (Å²) in [5, 5.41) is 8.12. The average Bonchev–Trinajstić information content (AvgIpc) is 3.90. The van der Waals surface area contributed by atoms with Gasteiger partial charge < -0.3 is 38.8 Å². The fourth-order valence-corrected chi connectivity index (χ4v) is 10.7. The van der Waals surface area contributed by atoms with Crippen molar-refractivity contribution in [3.63, 3.8) is 0 Å². The standard InChI is InChI=1S/C49H65N9O8S/c1-9-57-39-15-14-31-22-34(39)35(43(57)33-12-10-16-50-41(33)30(4)64-8)24-49(5,6)28-66-47(62)36-13-11-17-58(53-36)46(61)37(23-40-51-38(31)27-67-40)52-44(59)42(29(2)3)54(7)48(63)56-20-18-55(19-21-56)45(60)32-25-65-26-32/h10,12,14-16,22,27,29-30,32,36-37,42,53H,9,11,13,17-21,23-26,28H2,1-8H3,(H,52,59)/t30-,36-,37-,42-/m0/s1. The van der Waals surface area contributed by atoms with Crippen molar-refractivity contribution in [2.45, 2.75) is 98.0 Å². The van der Waals surface area contributed by atoms with E-state index in [4.69, 9.17) is 24.2 Å². The Morgan fingerprint density at radius 3 is 2.49 bits per heavy atom. The van der Waals surface area contributed by atoms with E-state index in [1.54, 1.807) is 30.2 Å². The molecule has 67 heavy (non-hydrogen) atoms. The van der Waals surface area contributed by atoms with E-state index in [0.29, 0.717) is 76.8 Å². The largest absolute Gasteiger partial charge is 0.464 e. The second-order valence-corrected chi connectivity index (χ2v) is 20.3. The summed E-state index contributed by atoms with van der Waals surface area (Å²) in [4.78, 5) is 84.7. The molecule has 0 unspecified atom stereocenters. The molecule has 18 heteroatoms. The van der Waals surface area contributed by atoms with Gasteiger partial charge in [0.2, 0.25) is 11.8 Å². The molecular formula is C49H65N9O8S. The van der Waals surface area contributed by atoms with Gasteiger partial charge in [-0.2, -0.15) is 0 Å². The van der Waals surface area contributed by atoms with Gasteiger partial charge in [-0.3, -0.25) is 29.2 Å². The number of benzene rings is 1. The molecule has 4 atom stereocenters. The Bertz CT molecular complexity index is 2490. The van der Waals surface area contributed by atoms with Gasteiger partial charge in [-0.1, -0.05) is 33.8 Å². The Labute approximate surface area is 396 Å². The second kappa shape index (κ2) is 20.0. The van der Waals surface area contributed by atoms with Gasteiger partial charge in [0.15, 0.2) is 0 Å². The van der Waals surface area contributed by atoms with Crippen molar-refractivity contribution in [2.24, 2.45) is 17.3 Å². The number of amides is 5. The number of methoxy groups -OCH3 is 1. The Morgan fingerprint density at radius 1 is 1.06 bits per heavy atom. The van der Waals surface area contributed by atoms with E-state index in [0.717, 1.165) is 44.7 Å². The number of hydrogen-bond acceptors (Lipinski definition) is 12. The first-order valence-electron chi connectivity index (χ1n) is 23.6. The lowest BCUT2D eigenvalue weighted by molar-refractivity contribution is -0.155. The van der Waals surface area contributed by atoms with Crippen LogP contribution in [0.4, 0.5) is 4.79 Å². The topological polar surface area (TPSA) is 181 Å². The molecule has 2 N–H and O–H groups in total. The SMILES string of the molecule is CCn1c(-c2cccnc2[C@H](C)OC)c2c3cc(ccc31)-c1csc(n1)C[C@H](NC(=O)[C@H](C(C)C)N(C)C(=O)N1CCN(C(=O)C3COC3)CC1)C(=O)N1CCC[C@H](N1)C(=O)OCC(C)(C)C2. The summed E-state index contributed by atoms with van der Waals surface area (Å²) in [6.45, 7) is 15.5. The smallest absolute Gasteiger partial charge is 0.324 e. The molecule has 3 aromatic heterocycles. The zero-order chi connectivity index (χ0) is 47.7. The molecule has 8 rings (SSSR count). The molecule has 5 amide bonds. The number of aryl methyl sites for hydroxylation is 1. The summed E-state index contributed by atoms with van der Waals surface area (Å²) >= 11 is 1.41. The predicted octanol–water partition coefficient (Wildman–Crippen LogP) is 5.07. The normalized spacial score (nSPS) is 21.4. The van der Waals surface area contributed by atoms with Gasteiger partial charge in [0.05, 0.1) is 53.9 Å². The molecule has 3 fully saturated rings. The highest BCUT2D eigenvalue weighted by atomic mass is 32.1. The second-order valence-electron chi connectivity index (χ2n) is 19.4. The monoisotopic (exact) mass is 939 g/mol. The number of carbonyl (C=O) groups is 5. The molecule has 0 saturated carbocycles. The van der Waals surface area contributed by atoms with E-state index in [1.807, 2.05) is 32.2 Å². The highest BCUT2D eigenvalue weighted by Gasteiger charge is 2.40. The molecule has 0 radical (unpaired) electrons. The van der Waals surface area contributed by atoms with Crippen LogP contribution in [-0.2, 0) is 52.8 Å². The average molecular weight is 940 g/mol. The number of hydrazine groups is 1. The number of nitrogens with one attached hydrogen (secondary N) is 2. The number of aromatic nitrogens is 3. The first-order valence-corrected chi connectivity index (χ1v) is 24.5. The number of piperazine rings is 1. The molecule has 17 nitrogen and oxygen atoms in total. The number of carbonyl (C=O) groups excluding carboxylic acids is 5. The Hall–Kier alpha value is -5.43. The van der Waals surface area contributed by atoms with Gasteiger partial charge in [0, 0.05) is 98.9 Å². The minimum atomic E-state index is -1.08. The number of thiazole rings is 1. The highest BCUT2D eigenvalue weighted by molar-refractivity contribution is 7.10. The number of likely N-dealkylation sites (N-methyl/N-ethyl adjacent to an activating group) is 1. The van der Waals surface area contributed by atoms with Gasteiger partial charge in [0.1, 0.15) is 18.1 Å². The first kappa shape index (κ1) is 48.0. The molecule has 0 spiro atoms. The summed E-state index contributed by atoms with van der Waals surface area (Å²) in [6.07, 6.45) is 3.19. The van der Waals surface area contributed by atoms with Crippen LogP contribution in [0.25, 0.3) is 33.4 Å². The summed E-state index contributed by atoms with van der Waals surface area (Å²) < 4.78 is 19.4. The van der Waals surface area contributed by atoms with E-state index in [2.05, 4.69) is 60.3 Å². The van der Waals surface area contributed by atoms with Crippen LogP contribution in [0.1, 0.15) is 76.8 Å². The molecule has 4 aromatic rings. The number of cyclic esters (lactones) is 1. The minimum Gasteiger partial charge on any atom is -0.464 e.